The minimum Gasteiger partial charge on any atom is -0.497 e. The summed E-state index contributed by atoms with van der Waals surface area (Å²) in [5, 5.41) is 0. The first-order valence-electron chi connectivity index (χ1n) is 6.33. The van der Waals surface area contributed by atoms with E-state index in [4.69, 9.17) is 9.47 Å². The summed E-state index contributed by atoms with van der Waals surface area (Å²) in [7, 11) is 3.26. The molecule has 0 atom stereocenters. The van der Waals surface area contributed by atoms with E-state index in [1.54, 1.807) is 14.2 Å². The molecule has 0 bridgehead atoms. The van der Waals surface area contributed by atoms with Gasteiger partial charge in [-0.1, -0.05) is 11.8 Å². The summed E-state index contributed by atoms with van der Waals surface area (Å²) in [6, 6.07) is 11.3. The van der Waals surface area contributed by atoms with Gasteiger partial charge in [0.15, 0.2) is 0 Å². The van der Waals surface area contributed by atoms with E-state index in [-0.39, 0.29) is 0 Å². The van der Waals surface area contributed by atoms with Gasteiger partial charge in [0.2, 0.25) is 0 Å². The smallest absolute Gasteiger partial charge is 0.120 e. The SMILES string of the molecule is COc1ccc(C#CC#Cc2ccc(OC)cc2Br)c(Br)c1. The van der Waals surface area contributed by atoms with Crippen molar-refractivity contribution in [1.82, 2.24) is 0 Å². The molecule has 0 aliphatic heterocycles. The maximum atomic E-state index is 5.14. The maximum absolute atomic E-state index is 5.14. The predicted molar refractivity (Wildman–Crippen MR) is 95.1 cm³/mol. The van der Waals surface area contributed by atoms with Crippen molar-refractivity contribution in [3.8, 4) is 35.2 Å². The molecule has 0 aliphatic carbocycles. The standard InChI is InChI=1S/C18H12Br2O2/c1-21-15-9-7-13(17(19)11-15)5-3-4-6-14-8-10-16(22-2)12-18(14)20/h7-12H,1-2H3. The van der Waals surface area contributed by atoms with Crippen LogP contribution < -0.4 is 9.47 Å². The molecule has 2 aromatic rings. The zero-order valence-electron chi connectivity index (χ0n) is 12.0. The minimum atomic E-state index is 0.783. The van der Waals surface area contributed by atoms with Gasteiger partial charge in [-0.25, -0.2) is 0 Å². The van der Waals surface area contributed by atoms with E-state index in [0.717, 1.165) is 31.6 Å². The molecule has 2 rings (SSSR count). The molecule has 0 unspecified atom stereocenters. The van der Waals surface area contributed by atoms with Gasteiger partial charge in [-0.15, -0.1) is 0 Å². The van der Waals surface area contributed by atoms with Gasteiger partial charge in [0.05, 0.1) is 14.2 Å². The second-order valence-electron chi connectivity index (χ2n) is 4.19. The van der Waals surface area contributed by atoms with Crippen LogP contribution in [0, 0.1) is 23.7 Å². The third-order valence-corrected chi connectivity index (χ3v) is 4.12. The van der Waals surface area contributed by atoms with Crippen LogP contribution in [0.5, 0.6) is 11.5 Å². The van der Waals surface area contributed by atoms with Crippen molar-refractivity contribution >= 4 is 31.9 Å². The molecule has 0 saturated carbocycles. The van der Waals surface area contributed by atoms with Crippen LogP contribution in [-0.2, 0) is 0 Å². The summed E-state index contributed by atoms with van der Waals surface area (Å²) in [5.74, 6) is 13.3. The third kappa shape index (κ3) is 4.31. The highest BCUT2D eigenvalue weighted by Crippen LogP contribution is 2.23. The number of hydrogen-bond acceptors (Lipinski definition) is 2. The summed E-state index contributed by atoms with van der Waals surface area (Å²) in [6.07, 6.45) is 0. The Hall–Kier alpha value is -1.88. The Labute approximate surface area is 147 Å². The summed E-state index contributed by atoms with van der Waals surface area (Å²) in [5.41, 5.74) is 1.73. The van der Waals surface area contributed by atoms with Crippen LogP contribution in [-0.4, -0.2) is 14.2 Å². The maximum Gasteiger partial charge on any atom is 0.120 e. The molecule has 0 heterocycles. The van der Waals surface area contributed by atoms with Gasteiger partial charge >= 0.3 is 0 Å². The first-order valence-corrected chi connectivity index (χ1v) is 7.91. The van der Waals surface area contributed by atoms with Crippen molar-refractivity contribution in [3.05, 3.63) is 56.5 Å². The lowest BCUT2D eigenvalue weighted by Gasteiger charge is -2.01. The van der Waals surface area contributed by atoms with E-state index in [2.05, 4.69) is 55.5 Å². The minimum absolute atomic E-state index is 0.783. The lowest BCUT2D eigenvalue weighted by atomic mass is 10.2. The number of halogens is 2. The Morgan fingerprint density at radius 2 is 1.14 bits per heavy atom. The van der Waals surface area contributed by atoms with Crippen molar-refractivity contribution in [2.24, 2.45) is 0 Å². The molecular weight excluding hydrogens is 408 g/mol. The number of rotatable bonds is 2. The van der Waals surface area contributed by atoms with E-state index in [1.807, 2.05) is 36.4 Å². The fraction of sp³-hybridized carbons (Fsp3) is 0.111. The van der Waals surface area contributed by atoms with Crippen molar-refractivity contribution < 1.29 is 9.47 Å². The second kappa shape index (κ2) is 7.94. The fourth-order valence-electron chi connectivity index (χ4n) is 1.65. The third-order valence-electron chi connectivity index (χ3n) is 2.81. The summed E-state index contributed by atoms with van der Waals surface area (Å²) < 4.78 is 12.1. The van der Waals surface area contributed by atoms with Gasteiger partial charge < -0.3 is 9.47 Å². The van der Waals surface area contributed by atoms with E-state index >= 15 is 0 Å². The Morgan fingerprint density at radius 1 is 0.727 bits per heavy atom. The second-order valence-corrected chi connectivity index (χ2v) is 5.90. The topological polar surface area (TPSA) is 18.5 Å². The molecule has 0 saturated heterocycles. The van der Waals surface area contributed by atoms with Crippen LogP contribution in [0.3, 0.4) is 0 Å². The lowest BCUT2D eigenvalue weighted by molar-refractivity contribution is 0.414. The molecule has 0 spiro atoms. The van der Waals surface area contributed by atoms with Gasteiger partial charge in [-0.2, -0.15) is 0 Å². The molecule has 0 fully saturated rings. The van der Waals surface area contributed by atoms with E-state index in [9.17, 15) is 0 Å². The van der Waals surface area contributed by atoms with Crippen LogP contribution in [0.25, 0.3) is 0 Å². The van der Waals surface area contributed by atoms with Crippen LogP contribution >= 0.6 is 31.9 Å². The van der Waals surface area contributed by atoms with Gasteiger partial charge in [0, 0.05) is 20.1 Å². The lowest BCUT2D eigenvalue weighted by Crippen LogP contribution is -1.84. The molecule has 2 nitrogen and oxygen atoms in total. The average molecular weight is 420 g/mol. The van der Waals surface area contributed by atoms with Gasteiger partial charge in [-0.3, -0.25) is 0 Å². The van der Waals surface area contributed by atoms with Crippen LogP contribution in [0.2, 0.25) is 0 Å². The van der Waals surface area contributed by atoms with E-state index in [0.29, 0.717) is 0 Å². The first-order chi connectivity index (χ1) is 10.6. The molecule has 0 amide bonds. The largest absolute Gasteiger partial charge is 0.497 e. The van der Waals surface area contributed by atoms with Crippen LogP contribution in [0.4, 0.5) is 0 Å². The molecule has 0 radical (unpaired) electrons. The molecule has 0 aromatic heterocycles. The fourth-order valence-corrected chi connectivity index (χ4v) is 2.56. The number of benzene rings is 2. The van der Waals surface area contributed by atoms with Crippen molar-refractivity contribution in [2.45, 2.75) is 0 Å². The number of hydrogen-bond donors (Lipinski definition) is 0. The zero-order chi connectivity index (χ0) is 15.9. The van der Waals surface area contributed by atoms with Gasteiger partial charge in [0.1, 0.15) is 11.5 Å². The molecule has 2 aromatic carbocycles. The van der Waals surface area contributed by atoms with Crippen molar-refractivity contribution in [1.29, 1.82) is 0 Å². The molecule has 0 aliphatic rings. The quantitative estimate of drug-likeness (QED) is 0.660. The highest BCUT2D eigenvalue weighted by Gasteiger charge is 1.99. The first kappa shape index (κ1) is 16.5. The van der Waals surface area contributed by atoms with Crippen molar-refractivity contribution in [3.63, 3.8) is 0 Å². The van der Waals surface area contributed by atoms with Gasteiger partial charge in [0.25, 0.3) is 0 Å². The average Bonchev–Trinajstić information content (AvgIpc) is 2.53. The summed E-state index contributed by atoms with van der Waals surface area (Å²) >= 11 is 6.92. The highest BCUT2D eigenvalue weighted by atomic mass is 79.9. The number of methoxy groups -OCH3 is 2. The Balaban J connectivity index is 2.18. The van der Waals surface area contributed by atoms with Crippen LogP contribution in [0.15, 0.2) is 45.3 Å². The summed E-state index contributed by atoms with van der Waals surface area (Å²) in [6.45, 7) is 0. The number of ether oxygens (including phenoxy) is 2. The van der Waals surface area contributed by atoms with Crippen LogP contribution in [0.1, 0.15) is 11.1 Å². The van der Waals surface area contributed by atoms with E-state index in [1.165, 1.54) is 0 Å². The molecule has 110 valence electrons. The molecular formula is C18H12Br2O2. The Bertz CT molecular complexity index is 736. The normalized spacial score (nSPS) is 9.09. The Kier molecular flexibility index (Phi) is 5.95. The highest BCUT2D eigenvalue weighted by molar-refractivity contribution is 9.10. The van der Waals surface area contributed by atoms with Crippen molar-refractivity contribution in [2.75, 3.05) is 14.2 Å². The van der Waals surface area contributed by atoms with Gasteiger partial charge in [-0.05, 0) is 80.1 Å². The zero-order valence-corrected chi connectivity index (χ0v) is 15.2. The molecule has 4 heteroatoms. The van der Waals surface area contributed by atoms with E-state index < -0.39 is 0 Å². The Morgan fingerprint density at radius 3 is 1.45 bits per heavy atom. The molecule has 22 heavy (non-hydrogen) atoms. The predicted octanol–water partition coefficient (Wildman–Crippen LogP) is 4.63. The molecule has 0 N–H and O–H groups in total. The summed E-state index contributed by atoms with van der Waals surface area (Å²) in [4.78, 5) is 0. The monoisotopic (exact) mass is 418 g/mol.